The maximum Gasteiger partial charge on any atom is 0.290 e. The molecule has 0 radical (unpaired) electrons. The van der Waals surface area contributed by atoms with E-state index in [4.69, 9.17) is 19.4 Å². The summed E-state index contributed by atoms with van der Waals surface area (Å²) < 4.78 is 11.0. The Hall–Kier alpha value is -2.30. The summed E-state index contributed by atoms with van der Waals surface area (Å²) in [6, 6.07) is 0.779. The molecule has 0 aromatic carbocycles. The minimum absolute atomic E-state index is 0.0782. The number of fused-ring (bicyclic) bond motifs is 1. The number of aromatic nitrogens is 2. The van der Waals surface area contributed by atoms with Gasteiger partial charge < -0.3 is 24.8 Å². The van der Waals surface area contributed by atoms with E-state index in [1.807, 2.05) is 0 Å². The van der Waals surface area contributed by atoms with Crippen LogP contribution in [-0.4, -0.2) is 101 Å². The summed E-state index contributed by atoms with van der Waals surface area (Å²) in [5.74, 6) is 0.587. The van der Waals surface area contributed by atoms with Crippen LogP contribution < -0.4 is 5.32 Å². The van der Waals surface area contributed by atoms with Crippen LogP contribution in [-0.2, 0) is 14.3 Å². The van der Waals surface area contributed by atoms with Crippen LogP contribution in [0, 0.1) is 0 Å². The molecule has 3 saturated heterocycles. The van der Waals surface area contributed by atoms with Gasteiger partial charge in [-0.25, -0.2) is 4.98 Å². The van der Waals surface area contributed by atoms with Gasteiger partial charge in [-0.2, -0.15) is 0 Å². The van der Waals surface area contributed by atoms with Crippen LogP contribution in [0.3, 0.4) is 0 Å². The van der Waals surface area contributed by atoms with E-state index in [-0.39, 0.29) is 12.4 Å². The Balaban J connectivity index is 0.000000706. The molecule has 1 aromatic rings. The van der Waals surface area contributed by atoms with Crippen LogP contribution in [0.25, 0.3) is 0 Å². The van der Waals surface area contributed by atoms with Gasteiger partial charge in [0.25, 0.3) is 12.4 Å². The van der Waals surface area contributed by atoms with E-state index in [1.165, 1.54) is 6.20 Å². The van der Waals surface area contributed by atoms with E-state index in [0.29, 0.717) is 56.0 Å². The molecule has 2 N–H and O–H groups in total. The molecule has 1 amide bonds. The van der Waals surface area contributed by atoms with E-state index in [2.05, 4.69) is 27.1 Å². The summed E-state index contributed by atoms with van der Waals surface area (Å²) in [4.78, 5) is 33.8. The molecule has 4 rings (SSSR count). The first kappa shape index (κ1) is 20.4. The quantitative estimate of drug-likeness (QED) is 0.680. The first-order valence-electron chi connectivity index (χ1n) is 9.49. The number of rotatable bonds is 3. The van der Waals surface area contributed by atoms with E-state index in [1.54, 1.807) is 11.1 Å². The Morgan fingerprint density at radius 3 is 2.82 bits per heavy atom. The Morgan fingerprint density at radius 1 is 1.32 bits per heavy atom. The fourth-order valence-electron chi connectivity index (χ4n) is 3.82. The zero-order valence-electron chi connectivity index (χ0n) is 16.0. The third-order valence-electron chi connectivity index (χ3n) is 5.10. The standard InChI is InChI=1S/C17H25N5O3.CH2O2/c1-12-9-22-10-13(6-14(22)11-25-12)19-16-8-18-7-15(20-16)17(23)21-2-4-24-5-3-21;2-1-3/h7-8,12-14H,2-6,9-11H2,1H3,(H,19,20);1H,(H,2,3)/t12-,13+,14-;/m0./s1. The summed E-state index contributed by atoms with van der Waals surface area (Å²) in [6.45, 7) is 6.98. The van der Waals surface area contributed by atoms with Crippen LogP contribution in [0.1, 0.15) is 23.8 Å². The van der Waals surface area contributed by atoms with Crippen molar-refractivity contribution < 1.29 is 24.2 Å². The lowest BCUT2D eigenvalue weighted by Gasteiger charge is -2.33. The van der Waals surface area contributed by atoms with Crippen LogP contribution in [0.5, 0.6) is 0 Å². The van der Waals surface area contributed by atoms with E-state index in [9.17, 15) is 4.79 Å². The number of nitrogens with zero attached hydrogens (tertiary/aromatic N) is 4. The third-order valence-corrected chi connectivity index (χ3v) is 5.10. The number of nitrogens with one attached hydrogen (secondary N) is 1. The molecule has 0 spiro atoms. The Morgan fingerprint density at radius 2 is 2.07 bits per heavy atom. The molecule has 0 unspecified atom stereocenters. The van der Waals surface area contributed by atoms with Crippen molar-refractivity contribution in [1.29, 1.82) is 0 Å². The number of ether oxygens (including phenoxy) is 2. The number of carbonyl (C=O) groups is 2. The van der Waals surface area contributed by atoms with Crippen LogP contribution in [0.2, 0.25) is 0 Å². The zero-order chi connectivity index (χ0) is 19.9. The van der Waals surface area contributed by atoms with Crippen molar-refractivity contribution in [2.45, 2.75) is 31.5 Å². The molecule has 28 heavy (non-hydrogen) atoms. The van der Waals surface area contributed by atoms with Crippen molar-refractivity contribution in [2.24, 2.45) is 0 Å². The van der Waals surface area contributed by atoms with Crippen molar-refractivity contribution in [3.63, 3.8) is 0 Å². The maximum atomic E-state index is 12.5. The normalized spacial score (nSPS) is 27.3. The molecule has 0 bridgehead atoms. The van der Waals surface area contributed by atoms with Gasteiger partial charge in [0, 0.05) is 38.3 Å². The highest BCUT2D eigenvalue weighted by molar-refractivity contribution is 5.92. The molecule has 10 heteroatoms. The van der Waals surface area contributed by atoms with Gasteiger partial charge in [0.2, 0.25) is 0 Å². The Kier molecular flexibility index (Phi) is 7.12. The van der Waals surface area contributed by atoms with Gasteiger partial charge >= 0.3 is 0 Å². The number of anilines is 1. The van der Waals surface area contributed by atoms with Crippen molar-refractivity contribution in [3.8, 4) is 0 Å². The number of amides is 1. The largest absolute Gasteiger partial charge is 0.483 e. The first-order valence-corrected chi connectivity index (χ1v) is 9.49. The van der Waals surface area contributed by atoms with Gasteiger partial charge in [-0.1, -0.05) is 0 Å². The second kappa shape index (κ2) is 9.76. The number of hydrogen-bond acceptors (Lipinski definition) is 8. The maximum absolute atomic E-state index is 12.5. The Labute approximate surface area is 163 Å². The lowest BCUT2D eigenvalue weighted by atomic mass is 10.1. The van der Waals surface area contributed by atoms with Crippen LogP contribution in [0.15, 0.2) is 12.4 Å². The number of carboxylic acid groups (broad SMARTS) is 1. The highest BCUT2D eigenvalue weighted by Gasteiger charge is 2.36. The monoisotopic (exact) mass is 393 g/mol. The third kappa shape index (κ3) is 5.15. The molecular weight excluding hydrogens is 366 g/mol. The van der Waals surface area contributed by atoms with Gasteiger partial charge in [0.1, 0.15) is 11.5 Å². The molecule has 0 saturated carbocycles. The van der Waals surface area contributed by atoms with Crippen molar-refractivity contribution in [3.05, 3.63) is 18.1 Å². The van der Waals surface area contributed by atoms with E-state index >= 15 is 0 Å². The van der Waals surface area contributed by atoms with Crippen molar-refractivity contribution in [2.75, 3.05) is 51.3 Å². The average Bonchev–Trinajstić information content (AvgIpc) is 3.10. The molecule has 0 aliphatic carbocycles. The second-order valence-corrected chi connectivity index (χ2v) is 7.13. The fourth-order valence-corrected chi connectivity index (χ4v) is 3.82. The number of carbonyl (C=O) groups excluding carboxylic acids is 1. The lowest BCUT2D eigenvalue weighted by molar-refractivity contribution is -0.122. The summed E-state index contributed by atoms with van der Waals surface area (Å²) in [5.41, 5.74) is 0.388. The van der Waals surface area contributed by atoms with Gasteiger partial charge in [0.15, 0.2) is 0 Å². The molecule has 1 aromatic heterocycles. The number of morpholine rings is 2. The summed E-state index contributed by atoms with van der Waals surface area (Å²) in [7, 11) is 0. The zero-order valence-corrected chi connectivity index (χ0v) is 16.0. The van der Waals surface area contributed by atoms with Gasteiger partial charge in [-0.3, -0.25) is 19.5 Å². The minimum atomic E-state index is -0.250. The lowest BCUT2D eigenvalue weighted by Crippen LogP contribution is -2.45. The molecule has 3 fully saturated rings. The van der Waals surface area contributed by atoms with Crippen LogP contribution >= 0.6 is 0 Å². The molecule has 3 aliphatic heterocycles. The van der Waals surface area contributed by atoms with E-state index in [0.717, 1.165) is 26.1 Å². The summed E-state index contributed by atoms with van der Waals surface area (Å²) >= 11 is 0. The predicted molar refractivity (Wildman–Crippen MR) is 100 cm³/mol. The first-order chi connectivity index (χ1) is 13.6. The van der Waals surface area contributed by atoms with Crippen LogP contribution in [0.4, 0.5) is 5.82 Å². The molecular formula is C18H27N5O5. The second-order valence-electron chi connectivity index (χ2n) is 7.13. The minimum Gasteiger partial charge on any atom is -0.483 e. The topological polar surface area (TPSA) is 117 Å². The van der Waals surface area contributed by atoms with Gasteiger partial charge in [-0.15, -0.1) is 0 Å². The molecule has 154 valence electrons. The Bertz CT molecular complexity index is 670. The highest BCUT2D eigenvalue weighted by Crippen LogP contribution is 2.25. The molecule has 10 nitrogen and oxygen atoms in total. The van der Waals surface area contributed by atoms with Gasteiger partial charge in [0.05, 0.1) is 38.3 Å². The summed E-state index contributed by atoms with van der Waals surface area (Å²) in [5, 5.41) is 10.3. The van der Waals surface area contributed by atoms with Gasteiger partial charge in [-0.05, 0) is 13.3 Å². The number of hydrogen-bond donors (Lipinski definition) is 2. The average molecular weight is 393 g/mol. The fraction of sp³-hybridized carbons (Fsp3) is 0.667. The van der Waals surface area contributed by atoms with Crippen molar-refractivity contribution >= 4 is 18.2 Å². The molecule has 3 aliphatic rings. The predicted octanol–water partition coefficient (Wildman–Crippen LogP) is -0.0767. The smallest absolute Gasteiger partial charge is 0.290 e. The molecule has 3 atom stereocenters. The molecule has 4 heterocycles. The van der Waals surface area contributed by atoms with Crippen molar-refractivity contribution in [1.82, 2.24) is 19.8 Å². The van der Waals surface area contributed by atoms with E-state index < -0.39 is 0 Å². The SMILES string of the molecule is C[C@H]1CN2C[C@H](Nc3cncc(C(=O)N4CCOCC4)n3)C[C@H]2CO1.O=CO. The summed E-state index contributed by atoms with van der Waals surface area (Å²) in [6.07, 6.45) is 4.54. The highest BCUT2D eigenvalue weighted by atomic mass is 16.5.